The maximum absolute atomic E-state index is 11.7. The highest BCUT2D eigenvalue weighted by Crippen LogP contribution is 2.19. The fourth-order valence-corrected chi connectivity index (χ4v) is 2.33. The van der Waals surface area contributed by atoms with Gasteiger partial charge in [0.05, 0.1) is 11.9 Å². The zero-order valence-electron chi connectivity index (χ0n) is 15.8. The van der Waals surface area contributed by atoms with Crippen LogP contribution < -0.4 is 15.4 Å². The largest absolute Gasteiger partial charge is 0.496 e. The van der Waals surface area contributed by atoms with E-state index in [1.165, 1.54) is 6.26 Å². The molecule has 144 valence electrons. The lowest BCUT2D eigenvalue weighted by molar-refractivity contribution is 0.411. The van der Waals surface area contributed by atoms with Gasteiger partial charge in [0.25, 0.3) is 0 Å². The molecule has 0 aliphatic rings. The number of nitrogens with zero attached hydrogens (tertiary/aromatic N) is 1. The molecule has 0 aliphatic heterocycles. The van der Waals surface area contributed by atoms with Crippen molar-refractivity contribution in [3.8, 4) is 5.75 Å². The molecule has 0 saturated heterocycles. The van der Waals surface area contributed by atoms with Gasteiger partial charge < -0.3 is 15.4 Å². The number of benzene rings is 1. The van der Waals surface area contributed by atoms with Crippen molar-refractivity contribution in [3.05, 3.63) is 29.3 Å². The zero-order valence-corrected chi connectivity index (χ0v) is 19.0. The van der Waals surface area contributed by atoms with Crippen LogP contribution in [-0.2, 0) is 16.3 Å². The van der Waals surface area contributed by atoms with Gasteiger partial charge in [-0.15, -0.1) is 24.0 Å². The quantitative estimate of drug-likeness (QED) is 0.353. The van der Waals surface area contributed by atoms with E-state index in [-0.39, 0.29) is 24.0 Å². The summed E-state index contributed by atoms with van der Waals surface area (Å²) in [6.07, 6.45) is 2.06. The van der Waals surface area contributed by atoms with Gasteiger partial charge in [0.15, 0.2) is 15.8 Å². The molecule has 0 saturated carbocycles. The van der Waals surface area contributed by atoms with Crippen LogP contribution in [0.15, 0.2) is 23.2 Å². The average molecular weight is 483 g/mol. The van der Waals surface area contributed by atoms with Crippen LogP contribution in [0.4, 0.5) is 0 Å². The minimum atomic E-state index is -3.14. The van der Waals surface area contributed by atoms with Crippen LogP contribution in [0.2, 0.25) is 0 Å². The molecule has 2 N–H and O–H groups in total. The Hall–Kier alpha value is -1.03. The molecule has 1 rings (SSSR count). The highest BCUT2D eigenvalue weighted by molar-refractivity contribution is 14.0. The van der Waals surface area contributed by atoms with Crippen molar-refractivity contribution >= 4 is 39.8 Å². The van der Waals surface area contributed by atoms with E-state index in [9.17, 15) is 8.42 Å². The summed E-state index contributed by atoms with van der Waals surface area (Å²) in [5, 5.41) is 6.27. The maximum Gasteiger partial charge on any atom is 0.191 e. The third-order valence-corrected chi connectivity index (χ3v) is 6.24. The lowest BCUT2D eigenvalue weighted by Gasteiger charge is -2.24. The first kappa shape index (κ1) is 24.0. The number of hydrogen-bond acceptors (Lipinski definition) is 4. The van der Waals surface area contributed by atoms with Crippen LogP contribution in [0.3, 0.4) is 0 Å². The number of halogens is 1. The third kappa shape index (κ3) is 7.39. The molecular formula is C17H30IN3O3S. The number of rotatable bonds is 7. The second kappa shape index (κ2) is 10.2. The number of aryl methyl sites for hydroxylation is 1. The van der Waals surface area contributed by atoms with Crippen molar-refractivity contribution in [2.75, 3.05) is 33.5 Å². The molecule has 0 atom stereocenters. The summed E-state index contributed by atoms with van der Waals surface area (Å²) in [6.45, 7) is 6.38. The van der Waals surface area contributed by atoms with Crippen LogP contribution in [0, 0.1) is 6.92 Å². The summed E-state index contributed by atoms with van der Waals surface area (Å²) in [5.41, 5.74) is 2.27. The number of sulfone groups is 1. The van der Waals surface area contributed by atoms with E-state index in [1.54, 1.807) is 28.0 Å². The fourth-order valence-electron chi connectivity index (χ4n) is 1.99. The van der Waals surface area contributed by atoms with Crippen molar-refractivity contribution in [1.82, 2.24) is 10.6 Å². The molecule has 0 aliphatic carbocycles. The molecule has 1 aromatic rings. The normalized spacial score (nSPS) is 12.3. The van der Waals surface area contributed by atoms with Gasteiger partial charge >= 0.3 is 0 Å². The number of ether oxygens (including phenoxy) is 1. The SMILES string of the molecule is CN=C(NCCc1ccc(C)c(OC)c1)NCC(C)(C)S(C)(=O)=O.I. The minimum Gasteiger partial charge on any atom is -0.496 e. The van der Waals surface area contributed by atoms with E-state index in [1.807, 2.05) is 19.1 Å². The van der Waals surface area contributed by atoms with E-state index in [0.717, 1.165) is 23.3 Å². The molecule has 0 radical (unpaired) electrons. The second-order valence-corrected chi connectivity index (χ2v) is 9.09. The topological polar surface area (TPSA) is 79.8 Å². The zero-order chi connectivity index (χ0) is 18.4. The molecule has 0 unspecified atom stereocenters. The number of nitrogens with one attached hydrogen (secondary N) is 2. The summed E-state index contributed by atoms with van der Waals surface area (Å²) < 4.78 is 27.9. The number of methoxy groups -OCH3 is 1. The molecule has 6 nitrogen and oxygen atoms in total. The monoisotopic (exact) mass is 483 g/mol. The molecular weight excluding hydrogens is 453 g/mol. The Kier molecular flexibility index (Phi) is 9.78. The first-order valence-electron chi connectivity index (χ1n) is 7.88. The van der Waals surface area contributed by atoms with Crippen LogP contribution in [0.5, 0.6) is 5.75 Å². The van der Waals surface area contributed by atoms with Crippen molar-refractivity contribution in [1.29, 1.82) is 0 Å². The molecule has 0 bridgehead atoms. The van der Waals surface area contributed by atoms with Crippen molar-refractivity contribution in [2.45, 2.75) is 31.9 Å². The average Bonchev–Trinajstić information content (AvgIpc) is 2.51. The summed E-state index contributed by atoms with van der Waals surface area (Å²) in [4.78, 5) is 4.13. The van der Waals surface area contributed by atoms with Gasteiger partial charge in [-0.25, -0.2) is 8.42 Å². The van der Waals surface area contributed by atoms with Gasteiger partial charge in [0.2, 0.25) is 0 Å². The minimum absolute atomic E-state index is 0. The van der Waals surface area contributed by atoms with Crippen molar-refractivity contribution in [2.24, 2.45) is 4.99 Å². The lowest BCUT2D eigenvalue weighted by Crippen LogP contribution is -2.48. The van der Waals surface area contributed by atoms with Crippen LogP contribution in [0.1, 0.15) is 25.0 Å². The van der Waals surface area contributed by atoms with E-state index in [4.69, 9.17) is 4.74 Å². The molecule has 25 heavy (non-hydrogen) atoms. The summed E-state index contributed by atoms with van der Waals surface area (Å²) in [7, 11) is 0.190. The van der Waals surface area contributed by atoms with Gasteiger partial charge in [0.1, 0.15) is 5.75 Å². The summed E-state index contributed by atoms with van der Waals surface area (Å²) >= 11 is 0. The van der Waals surface area contributed by atoms with E-state index in [0.29, 0.717) is 19.0 Å². The molecule has 0 amide bonds. The summed E-state index contributed by atoms with van der Waals surface area (Å²) in [5.74, 6) is 1.47. The number of aliphatic imine (C=N–C) groups is 1. The van der Waals surface area contributed by atoms with Crippen molar-refractivity contribution < 1.29 is 13.2 Å². The Morgan fingerprint density at radius 1 is 1.28 bits per heavy atom. The lowest BCUT2D eigenvalue weighted by atomic mass is 10.1. The van der Waals surface area contributed by atoms with Crippen LogP contribution in [-0.4, -0.2) is 52.6 Å². The first-order valence-corrected chi connectivity index (χ1v) is 9.77. The second-order valence-electron chi connectivity index (χ2n) is 6.44. The molecule has 1 aromatic carbocycles. The molecule has 8 heteroatoms. The van der Waals surface area contributed by atoms with Crippen molar-refractivity contribution in [3.63, 3.8) is 0 Å². The first-order chi connectivity index (χ1) is 11.1. The van der Waals surface area contributed by atoms with Gasteiger partial charge in [-0.1, -0.05) is 12.1 Å². The highest BCUT2D eigenvalue weighted by Gasteiger charge is 2.30. The molecule has 0 aromatic heterocycles. The van der Waals surface area contributed by atoms with E-state index >= 15 is 0 Å². The molecule has 0 fully saturated rings. The maximum atomic E-state index is 11.7. The Labute approximate surface area is 168 Å². The number of guanidine groups is 1. The molecule has 0 spiro atoms. The standard InChI is InChI=1S/C17H29N3O3S.HI/c1-13-7-8-14(11-15(13)23-5)9-10-19-16(18-4)20-12-17(2,3)24(6,21)22;/h7-8,11H,9-10,12H2,1-6H3,(H2,18,19,20);1H. The van der Waals surface area contributed by atoms with E-state index in [2.05, 4.69) is 21.7 Å². The Balaban J connectivity index is 0.00000576. The van der Waals surface area contributed by atoms with Crippen LogP contribution in [0.25, 0.3) is 0 Å². The highest BCUT2D eigenvalue weighted by atomic mass is 127. The molecule has 0 heterocycles. The Bertz CT molecular complexity index is 688. The van der Waals surface area contributed by atoms with Crippen LogP contribution >= 0.6 is 24.0 Å². The Morgan fingerprint density at radius 3 is 2.44 bits per heavy atom. The fraction of sp³-hybridized carbons (Fsp3) is 0.588. The van der Waals surface area contributed by atoms with Gasteiger partial charge in [-0.3, -0.25) is 4.99 Å². The smallest absolute Gasteiger partial charge is 0.191 e. The van der Waals surface area contributed by atoms with E-state index < -0.39 is 14.6 Å². The predicted molar refractivity (Wildman–Crippen MR) is 115 cm³/mol. The van der Waals surface area contributed by atoms with Gasteiger partial charge in [-0.05, 0) is 44.4 Å². The number of hydrogen-bond donors (Lipinski definition) is 2. The summed E-state index contributed by atoms with van der Waals surface area (Å²) in [6, 6.07) is 6.14. The predicted octanol–water partition coefficient (Wildman–Crippen LogP) is 2.15. The van der Waals surface area contributed by atoms with Gasteiger partial charge in [0, 0.05) is 26.4 Å². The third-order valence-electron chi connectivity index (χ3n) is 4.09. The van der Waals surface area contributed by atoms with Gasteiger partial charge in [-0.2, -0.15) is 0 Å². The Morgan fingerprint density at radius 2 is 1.92 bits per heavy atom.